The van der Waals surface area contributed by atoms with E-state index in [1.54, 1.807) is 0 Å². The second-order valence-electron chi connectivity index (χ2n) is 6.95. The standard InChI is InChI=1S/C12H19FN5O14P3/c1-6-4-18(11(20)15-10(6)19)9-3-7(30-12(2,13)16-17-14)8(29-9)5-28-34(24,25)32-35(26,27)31-33(21,22)23/h4,7-9H,3,5H2,1-2H3,(H,24,25)(H,26,27)(H,15,19,20)(H2,21,22,23)/t7?,8-,9-,12-/m1/s1. The number of aryl methyl sites for hydroxylation is 1. The molecule has 1 aliphatic rings. The molecule has 1 aromatic rings. The van der Waals surface area contributed by atoms with Gasteiger partial charge in [0.1, 0.15) is 12.3 Å². The van der Waals surface area contributed by atoms with Gasteiger partial charge in [-0.05, 0) is 17.6 Å². The lowest BCUT2D eigenvalue weighted by atomic mass is 10.2. The number of aromatic amines is 1. The molecule has 3 unspecified atom stereocenters. The third-order valence-corrected chi connectivity index (χ3v) is 7.85. The predicted molar refractivity (Wildman–Crippen MR) is 108 cm³/mol. The van der Waals surface area contributed by atoms with E-state index in [2.05, 4.69) is 23.2 Å². The smallest absolute Gasteiger partial charge is 0.349 e. The lowest BCUT2D eigenvalue weighted by molar-refractivity contribution is -0.178. The monoisotopic (exact) mass is 569 g/mol. The average Bonchev–Trinajstić information content (AvgIpc) is 3.01. The van der Waals surface area contributed by atoms with E-state index in [1.165, 1.54) is 6.92 Å². The third kappa shape index (κ3) is 9.00. The number of nitrogens with zero attached hydrogens (tertiary/aromatic N) is 4. The number of phosphoric acid groups is 3. The number of hydrogen-bond donors (Lipinski definition) is 5. The molecule has 0 radical (unpaired) electrons. The summed E-state index contributed by atoms with van der Waals surface area (Å²) in [6.07, 6.45) is -3.47. The number of alkyl halides is 1. The fraction of sp³-hybridized carbons (Fsp3) is 0.667. The van der Waals surface area contributed by atoms with Crippen LogP contribution in [0.4, 0.5) is 4.39 Å². The van der Waals surface area contributed by atoms with E-state index in [1.807, 2.05) is 4.98 Å². The molecule has 35 heavy (non-hydrogen) atoms. The molecule has 0 aliphatic carbocycles. The Morgan fingerprint density at radius 3 is 2.49 bits per heavy atom. The topological polar surface area (TPSA) is 282 Å². The Morgan fingerprint density at radius 2 is 1.91 bits per heavy atom. The van der Waals surface area contributed by atoms with Gasteiger partial charge >= 0.3 is 29.2 Å². The molecular formula is C12H19FN5O14P3. The summed E-state index contributed by atoms with van der Waals surface area (Å²) in [5, 5.41) is 2.78. The number of halogens is 1. The first-order valence-corrected chi connectivity index (χ1v) is 13.5. The van der Waals surface area contributed by atoms with Crippen molar-refractivity contribution in [2.75, 3.05) is 6.61 Å². The van der Waals surface area contributed by atoms with E-state index >= 15 is 0 Å². The molecular weight excluding hydrogens is 550 g/mol. The number of azide groups is 1. The van der Waals surface area contributed by atoms with E-state index < -0.39 is 65.7 Å². The molecule has 19 nitrogen and oxygen atoms in total. The summed E-state index contributed by atoms with van der Waals surface area (Å²) < 4.78 is 71.4. The first kappa shape index (κ1) is 29.5. The molecule has 0 saturated carbocycles. The molecule has 0 amide bonds. The van der Waals surface area contributed by atoms with E-state index in [-0.39, 0.29) is 12.0 Å². The van der Waals surface area contributed by atoms with Crippen molar-refractivity contribution in [1.82, 2.24) is 9.55 Å². The highest BCUT2D eigenvalue weighted by atomic mass is 31.3. The Balaban J connectivity index is 2.25. The van der Waals surface area contributed by atoms with Crippen LogP contribution in [0.1, 0.15) is 25.1 Å². The fourth-order valence-electron chi connectivity index (χ4n) is 2.80. The van der Waals surface area contributed by atoms with Crippen molar-refractivity contribution in [2.24, 2.45) is 5.11 Å². The van der Waals surface area contributed by atoms with Crippen LogP contribution < -0.4 is 11.2 Å². The number of rotatable bonds is 11. The van der Waals surface area contributed by atoms with E-state index in [9.17, 15) is 37.5 Å². The molecule has 1 saturated heterocycles. The summed E-state index contributed by atoms with van der Waals surface area (Å²) in [6.45, 7) is 1.04. The van der Waals surface area contributed by atoms with Gasteiger partial charge < -0.3 is 29.0 Å². The highest BCUT2D eigenvalue weighted by Crippen LogP contribution is 2.66. The predicted octanol–water partition coefficient (Wildman–Crippen LogP) is 0.815. The number of aromatic nitrogens is 2. The van der Waals surface area contributed by atoms with Crippen LogP contribution >= 0.6 is 23.5 Å². The molecule has 1 aliphatic heterocycles. The first-order chi connectivity index (χ1) is 15.8. The van der Waals surface area contributed by atoms with Crippen LogP contribution in [-0.4, -0.2) is 53.9 Å². The minimum atomic E-state index is -5.80. The molecule has 1 aromatic heterocycles. The summed E-state index contributed by atoms with van der Waals surface area (Å²) in [7, 11) is -17.0. The van der Waals surface area contributed by atoms with Crippen molar-refractivity contribution in [3.8, 4) is 0 Å². The van der Waals surface area contributed by atoms with Gasteiger partial charge in [0.15, 0.2) is 0 Å². The Labute approximate surface area is 193 Å². The van der Waals surface area contributed by atoms with Crippen LogP contribution in [0.15, 0.2) is 20.9 Å². The van der Waals surface area contributed by atoms with Crippen LogP contribution in [0.5, 0.6) is 0 Å². The van der Waals surface area contributed by atoms with Gasteiger partial charge in [-0.1, -0.05) is 0 Å². The van der Waals surface area contributed by atoms with E-state index in [4.69, 9.17) is 24.8 Å². The van der Waals surface area contributed by atoms with Crippen molar-refractivity contribution < 1.29 is 60.3 Å². The van der Waals surface area contributed by atoms with Crippen LogP contribution in [0.25, 0.3) is 10.4 Å². The van der Waals surface area contributed by atoms with Crippen molar-refractivity contribution in [3.63, 3.8) is 0 Å². The zero-order valence-corrected chi connectivity index (χ0v) is 20.3. The van der Waals surface area contributed by atoms with Crippen molar-refractivity contribution in [2.45, 2.75) is 44.7 Å². The lowest BCUT2D eigenvalue weighted by Crippen LogP contribution is -2.35. The number of phosphoric ester groups is 1. The van der Waals surface area contributed by atoms with E-state index in [0.29, 0.717) is 0 Å². The lowest BCUT2D eigenvalue weighted by Gasteiger charge is -2.24. The highest BCUT2D eigenvalue weighted by Gasteiger charge is 2.45. The summed E-state index contributed by atoms with van der Waals surface area (Å²) >= 11 is 0. The number of ether oxygens (including phenoxy) is 2. The van der Waals surface area contributed by atoms with Crippen LogP contribution in [0.3, 0.4) is 0 Å². The Kier molecular flexibility index (Phi) is 9.01. The molecule has 23 heteroatoms. The summed E-state index contributed by atoms with van der Waals surface area (Å²) in [4.78, 5) is 63.9. The second kappa shape index (κ2) is 10.7. The van der Waals surface area contributed by atoms with Gasteiger partial charge in [-0.15, -0.1) is 0 Å². The van der Waals surface area contributed by atoms with Gasteiger partial charge in [0, 0.05) is 30.0 Å². The quantitative estimate of drug-likeness (QED) is 0.0811. The normalized spacial score (nSPS) is 25.7. The molecule has 5 N–H and O–H groups in total. The van der Waals surface area contributed by atoms with Crippen molar-refractivity contribution >= 4 is 23.5 Å². The number of H-pyrrole nitrogens is 1. The van der Waals surface area contributed by atoms with Crippen molar-refractivity contribution in [3.05, 3.63) is 43.0 Å². The van der Waals surface area contributed by atoms with Gasteiger partial charge in [-0.25, -0.2) is 22.9 Å². The maximum atomic E-state index is 14.4. The molecule has 0 spiro atoms. The maximum Gasteiger partial charge on any atom is 0.490 e. The largest absolute Gasteiger partial charge is 0.490 e. The Hall–Kier alpha value is -1.75. The molecule has 0 bridgehead atoms. The zero-order valence-electron chi connectivity index (χ0n) is 17.6. The van der Waals surface area contributed by atoms with Crippen molar-refractivity contribution in [1.29, 1.82) is 0 Å². The third-order valence-electron chi connectivity index (χ3n) is 4.04. The Morgan fingerprint density at radius 1 is 1.29 bits per heavy atom. The first-order valence-electron chi connectivity index (χ1n) is 9.02. The average molecular weight is 569 g/mol. The van der Waals surface area contributed by atoms with Gasteiger partial charge in [0.05, 0.1) is 12.7 Å². The van der Waals surface area contributed by atoms with E-state index in [0.717, 1.165) is 17.7 Å². The highest BCUT2D eigenvalue weighted by molar-refractivity contribution is 7.66. The summed E-state index contributed by atoms with van der Waals surface area (Å²) in [5.74, 6) is -2.96. The molecule has 198 valence electrons. The minimum absolute atomic E-state index is 0.0896. The van der Waals surface area contributed by atoms with Crippen LogP contribution in [-0.2, 0) is 36.3 Å². The zero-order chi connectivity index (χ0) is 26.8. The van der Waals surface area contributed by atoms with Gasteiger partial charge in [-0.2, -0.15) is 8.62 Å². The molecule has 6 atom stereocenters. The second-order valence-corrected chi connectivity index (χ2v) is 11.4. The molecule has 2 rings (SSSR count). The number of hydrogen-bond acceptors (Lipinski definition) is 11. The minimum Gasteiger partial charge on any atom is -0.349 e. The summed E-state index contributed by atoms with van der Waals surface area (Å²) in [6, 6.07) is 0. The maximum absolute atomic E-state index is 14.4. The van der Waals surface area contributed by atoms with Crippen LogP contribution in [0, 0.1) is 6.92 Å². The van der Waals surface area contributed by atoms with Gasteiger partial charge in [0.25, 0.3) is 11.5 Å². The fourth-order valence-corrected chi connectivity index (χ4v) is 5.83. The molecule has 0 aromatic carbocycles. The SMILES string of the molecule is Cc1cn([C@H]2CC(O[C@](C)(F)N=[N+]=[N-])[C@@H](COP(=O)(O)OP(=O)(O)OP(=O)(O)O)O2)c(=O)[nH]c1=O. The molecule has 2 heterocycles. The molecule has 1 fully saturated rings. The van der Waals surface area contributed by atoms with Crippen LogP contribution in [0.2, 0.25) is 0 Å². The summed E-state index contributed by atoms with van der Waals surface area (Å²) in [5.41, 5.74) is 6.92. The number of nitrogens with one attached hydrogen (secondary N) is 1. The van der Waals surface area contributed by atoms with Gasteiger partial charge in [0.2, 0.25) is 0 Å². The Bertz CT molecular complexity index is 1250. The van der Waals surface area contributed by atoms with Gasteiger partial charge in [-0.3, -0.25) is 18.9 Å².